The quantitative estimate of drug-likeness (QED) is 0.466. The van der Waals surface area contributed by atoms with E-state index in [0.29, 0.717) is 6.07 Å². The number of rotatable bonds is 4. The van der Waals surface area contributed by atoms with E-state index in [9.17, 15) is 23.7 Å². The van der Waals surface area contributed by atoms with Crippen LogP contribution in [0, 0.1) is 21.4 Å². The van der Waals surface area contributed by atoms with Crippen LogP contribution in [0.5, 0.6) is 0 Å². The SMILES string of the molecule is COC(=O)Cc1nc(C(F)F)c(C#N)cc1[N+](=O)[O-]. The van der Waals surface area contributed by atoms with Crippen molar-refractivity contribution in [1.29, 1.82) is 5.26 Å². The maximum Gasteiger partial charge on any atom is 0.311 e. The summed E-state index contributed by atoms with van der Waals surface area (Å²) in [4.78, 5) is 24.2. The Balaban J connectivity index is 3.42. The summed E-state index contributed by atoms with van der Waals surface area (Å²) in [6.07, 6.45) is -3.70. The molecule has 0 spiro atoms. The number of aromatic nitrogens is 1. The smallest absolute Gasteiger partial charge is 0.311 e. The molecule has 1 rings (SSSR count). The lowest BCUT2D eigenvalue weighted by atomic mass is 10.1. The Morgan fingerprint density at radius 2 is 2.32 bits per heavy atom. The summed E-state index contributed by atoms with van der Waals surface area (Å²) in [6.45, 7) is 0. The van der Waals surface area contributed by atoms with E-state index < -0.39 is 46.4 Å². The van der Waals surface area contributed by atoms with Crippen molar-refractivity contribution in [2.75, 3.05) is 7.11 Å². The molecule has 0 fully saturated rings. The van der Waals surface area contributed by atoms with Crippen LogP contribution >= 0.6 is 0 Å². The number of halogens is 2. The molecule has 100 valence electrons. The minimum Gasteiger partial charge on any atom is -0.469 e. The summed E-state index contributed by atoms with van der Waals surface area (Å²) in [6, 6.07) is 2.08. The number of pyridine rings is 1. The fraction of sp³-hybridized carbons (Fsp3) is 0.300. The van der Waals surface area contributed by atoms with Gasteiger partial charge in [-0.3, -0.25) is 14.9 Å². The Kier molecular flexibility index (Phi) is 4.41. The van der Waals surface area contributed by atoms with Crippen molar-refractivity contribution in [2.45, 2.75) is 12.8 Å². The van der Waals surface area contributed by atoms with Gasteiger partial charge in [0.25, 0.3) is 12.1 Å². The van der Waals surface area contributed by atoms with Crippen LogP contribution < -0.4 is 0 Å². The van der Waals surface area contributed by atoms with Crippen molar-refractivity contribution >= 4 is 11.7 Å². The van der Waals surface area contributed by atoms with Crippen LogP contribution in [0.1, 0.15) is 23.4 Å². The Labute approximate surface area is 105 Å². The first-order valence-corrected chi connectivity index (χ1v) is 4.84. The molecular formula is C10H7F2N3O4. The minimum atomic E-state index is -3.08. The number of methoxy groups -OCH3 is 1. The summed E-state index contributed by atoms with van der Waals surface area (Å²) in [5, 5.41) is 19.4. The highest BCUT2D eigenvalue weighted by Crippen LogP contribution is 2.27. The van der Waals surface area contributed by atoms with Crippen LogP contribution in [0.25, 0.3) is 0 Å². The van der Waals surface area contributed by atoms with Crippen molar-refractivity contribution in [1.82, 2.24) is 4.98 Å². The van der Waals surface area contributed by atoms with Crippen molar-refractivity contribution in [3.05, 3.63) is 33.1 Å². The molecule has 19 heavy (non-hydrogen) atoms. The van der Waals surface area contributed by atoms with E-state index in [2.05, 4.69) is 9.72 Å². The number of carbonyl (C=O) groups is 1. The van der Waals surface area contributed by atoms with E-state index in [1.54, 1.807) is 0 Å². The van der Waals surface area contributed by atoms with E-state index in [4.69, 9.17) is 5.26 Å². The maximum absolute atomic E-state index is 12.6. The number of esters is 1. The Bertz CT molecular complexity index is 569. The van der Waals surface area contributed by atoms with Gasteiger partial charge in [-0.1, -0.05) is 0 Å². The average molecular weight is 271 g/mol. The first-order chi connectivity index (χ1) is 8.90. The number of nitro groups is 1. The van der Waals surface area contributed by atoms with Gasteiger partial charge in [-0.25, -0.2) is 13.8 Å². The highest BCUT2D eigenvalue weighted by Gasteiger charge is 2.25. The molecule has 0 atom stereocenters. The fourth-order valence-corrected chi connectivity index (χ4v) is 1.31. The maximum atomic E-state index is 12.6. The van der Waals surface area contributed by atoms with Gasteiger partial charge in [-0.15, -0.1) is 0 Å². The third-order valence-electron chi connectivity index (χ3n) is 2.17. The van der Waals surface area contributed by atoms with Gasteiger partial charge in [-0.2, -0.15) is 5.26 Å². The highest BCUT2D eigenvalue weighted by atomic mass is 19.3. The zero-order valence-corrected chi connectivity index (χ0v) is 9.59. The van der Waals surface area contributed by atoms with Crippen LogP contribution in [-0.2, 0) is 16.0 Å². The largest absolute Gasteiger partial charge is 0.469 e. The summed E-state index contributed by atoms with van der Waals surface area (Å²) < 4.78 is 29.6. The summed E-state index contributed by atoms with van der Waals surface area (Å²) >= 11 is 0. The van der Waals surface area contributed by atoms with Crippen LogP contribution in [0.2, 0.25) is 0 Å². The highest BCUT2D eigenvalue weighted by molar-refractivity contribution is 5.73. The molecule has 0 unspecified atom stereocenters. The molecule has 7 nitrogen and oxygen atoms in total. The first kappa shape index (κ1) is 14.4. The van der Waals surface area contributed by atoms with Crippen LogP contribution in [0.15, 0.2) is 6.07 Å². The molecule has 0 bridgehead atoms. The summed E-state index contributed by atoms with van der Waals surface area (Å²) in [5.74, 6) is -0.861. The van der Waals surface area contributed by atoms with E-state index in [0.717, 1.165) is 7.11 Å². The first-order valence-electron chi connectivity index (χ1n) is 4.84. The second-order valence-electron chi connectivity index (χ2n) is 3.31. The van der Waals surface area contributed by atoms with E-state index in [-0.39, 0.29) is 0 Å². The average Bonchev–Trinajstić information content (AvgIpc) is 2.37. The van der Waals surface area contributed by atoms with Crippen LogP contribution in [-0.4, -0.2) is 23.0 Å². The predicted octanol–water partition coefficient (Wildman–Crippen LogP) is 1.51. The van der Waals surface area contributed by atoms with Crippen molar-refractivity contribution in [3.8, 4) is 6.07 Å². The van der Waals surface area contributed by atoms with E-state index in [1.807, 2.05) is 0 Å². The molecule has 0 saturated heterocycles. The molecule has 0 aliphatic heterocycles. The third kappa shape index (κ3) is 3.19. The molecule has 1 aromatic heterocycles. The predicted molar refractivity (Wildman–Crippen MR) is 56.3 cm³/mol. The fourth-order valence-electron chi connectivity index (χ4n) is 1.31. The number of nitriles is 1. The van der Waals surface area contributed by atoms with Gasteiger partial charge in [-0.05, 0) is 0 Å². The van der Waals surface area contributed by atoms with Crippen molar-refractivity contribution in [3.63, 3.8) is 0 Å². The lowest BCUT2D eigenvalue weighted by Gasteiger charge is -2.06. The van der Waals surface area contributed by atoms with Crippen molar-refractivity contribution < 1.29 is 23.2 Å². The number of hydrogen-bond acceptors (Lipinski definition) is 6. The third-order valence-corrected chi connectivity index (χ3v) is 2.17. The Hall–Kier alpha value is -2.63. The van der Waals surface area contributed by atoms with Gasteiger partial charge in [0.05, 0.1) is 24.0 Å². The Morgan fingerprint density at radius 3 is 2.74 bits per heavy atom. The van der Waals surface area contributed by atoms with Gasteiger partial charge in [0.1, 0.15) is 17.5 Å². The Morgan fingerprint density at radius 1 is 1.68 bits per heavy atom. The molecule has 0 saturated carbocycles. The molecule has 1 aromatic rings. The lowest BCUT2D eigenvalue weighted by Crippen LogP contribution is -2.11. The van der Waals surface area contributed by atoms with Crippen molar-refractivity contribution in [2.24, 2.45) is 0 Å². The monoisotopic (exact) mass is 271 g/mol. The minimum absolute atomic E-state index is 0.467. The normalized spacial score (nSPS) is 10.1. The topological polar surface area (TPSA) is 106 Å². The number of hydrogen-bond donors (Lipinski definition) is 0. The molecule has 0 N–H and O–H groups in total. The molecule has 0 radical (unpaired) electrons. The molecule has 0 amide bonds. The van der Waals surface area contributed by atoms with E-state index >= 15 is 0 Å². The molecular weight excluding hydrogens is 264 g/mol. The molecule has 0 aliphatic carbocycles. The summed E-state index contributed by atoms with van der Waals surface area (Å²) in [7, 11) is 1.05. The standard InChI is InChI=1S/C10H7F2N3O4/c1-19-8(16)3-6-7(15(17)18)2-5(4-13)9(14-6)10(11)12/h2,10H,3H2,1H3. The molecule has 1 heterocycles. The van der Waals surface area contributed by atoms with E-state index in [1.165, 1.54) is 6.07 Å². The van der Waals surface area contributed by atoms with Crippen LogP contribution in [0.3, 0.4) is 0 Å². The second kappa shape index (κ2) is 5.81. The lowest BCUT2D eigenvalue weighted by molar-refractivity contribution is -0.385. The van der Waals surface area contributed by atoms with Gasteiger partial charge in [0.15, 0.2) is 0 Å². The number of carbonyl (C=O) groups excluding carboxylic acids is 1. The molecule has 0 aliphatic rings. The molecule has 9 heteroatoms. The van der Waals surface area contributed by atoms with Gasteiger partial charge in [0, 0.05) is 6.07 Å². The number of ether oxygens (including phenoxy) is 1. The van der Waals surface area contributed by atoms with Gasteiger partial charge < -0.3 is 4.74 Å². The summed E-state index contributed by atoms with van der Waals surface area (Å²) in [5.41, 5.74) is -2.64. The number of alkyl halides is 2. The van der Waals surface area contributed by atoms with Crippen LogP contribution in [0.4, 0.5) is 14.5 Å². The molecule has 0 aromatic carbocycles. The van der Waals surface area contributed by atoms with Gasteiger partial charge >= 0.3 is 5.97 Å². The second-order valence-corrected chi connectivity index (χ2v) is 3.31. The van der Waals surface area contributed by atoms with Gasteiger partial charge in [0.2, 0.25) is 0 Å². The number of nitrogens with zero attached hydrogens (tertiary/aromatic N) is 3. The zero-order valence-electron chi connectivity index (χ0n) is 9.59. The zero-order chi connectivity index (χ0) is 14.6.